The molecule has 0 unspecified atom stereocenters. The van der Waals surface area contributed by atoms with Crippen LogP contribution in [0.5, 0.6) is 0 Å². The summed E-state index contributed by atoms with van der Waals surface area (Å²) in [4.78, 5) is 22.3. The number of carbonyl (C=O) groups excluding carboxylic acids is 1. The summed E-state index contributed by atoms with van der Waals surface area (Å²) in [5, 5.41) is 22.4. The highest BCUT2D eigenvalue weighted by Crippen LogP contribution is 2.22. The van der Waals surface area contributed by atoms with Crippen molar-refractivity contribution < 1.29 is 9.72 Å². The fourth-order valence-electron chi connectivity index (χ4n) is 2.34. The predicted octanol–water partition coefficient (Wildman–Crippen LogP) is 4.09. The number of hydrogen-bond acceptors (Lipinski definition) is 6. The summed E-state index contributed by atoms with van der Waals surface area (Å²) in [5.74, 6) is 0.107. The molecule has 3 aromatic rings. The number of nitro benzene ring substituents is 1. The Morgan fingerprint density at radius 3 is 2.44 bits per heavy atom. The minimum atomic E-state index is -0.447. The molecule has 0 aliphatic carbocycles. The average molecular weight is 380 g/mol. The summed E-state index contributed by atoms with van der Waals surface area (Å²) in [6.07, 6.45) is 0. The third kappa shape index (κ3) is 4.89. The number of nitrogens with zero attached hydrogens (tertiary/aromatic N) is 3. The van der Waals surface area contributed by atoms with E-state index in [-0.39, 0.29) is 17.3 Å². The molecule has 8 heteroatoms. The second-order valence-electron chi connectivity index (χ2n) is 5.71. The molecule has 7 nitrogen and oxygen atoms in total. The van der Waals surface area contributed by atoms with Gasteiger partial charge in [0.05, 0.1) is 16.4 Å². The van der Waals surface area contributed by atoms with Crippen molar-refractivity contribution in [3.63, 3.8) is 0 Å². The van der Waals surface area contributed by atoms with E-state index in [0.29, 0.717) is 10.7 Å². The predicted molar refractivity (Wildman–Crippen MR) is 105 cm³/mol. The molecule has 3 rings (SSSR count). The van der Waals surface area contributed by atoms with Crippen molar-refractivity contribution in [1.29, 1.82) is 0 Å². The van der Waals surface area contributed by atoms with Gasteiger partial charge in [0.1, 0.15) is 5.03 Å². The second-order valence-corrected chi connectivity index (χ2v) is 6.71. The lowest BCUT2D eigenvalue weighted by molar-refractivity contribution is -0.384. The first-order chi connectivity index (χ1) is 13.0. The molecule has 0 atom stereocenters. The number of aryl methyl sites for hydroxylation is 1. The second kappa shape index (κ2) is 8.41. The minimum Gasteiger partial charge on any atom is -0.325 e. The number of non-ortho nitro benzene ring substituents is 1. The van der Waals surface area contributed by atoms with Crippen LogP contribution in [-0.2, 0) is 4.79 Å². The quantitative estimate of drug-likeness (QED) is 0.393. The smallest absolute Gasteiger partial charge is 0.269 e. The van der Waals surface area contributed by atoms with Gasteiger partial charge in [-0.05, 0) is 42.8 Å². The van der Waals surface area contributed by atoms with Gasteiger partial charge in [0.2, 0.25) is 5.91 Å². The van der Waals surface area contributed by atoms with Crippen molar-refractivity contribution in [2.24, 2.45) is 0 Å². The Balaban J connectivity index is 1.58. The molecule has 0 aliphatic heterocycles. The molecule has 0 saturated carbocycles. The highest BCUT2D eigenvalue weighted by Gasteiger charge is 2.09. The molecule has 0 saturated heterocycles. The van der Waals surface area contributed by atoms with E-state index in [1.807, 2.05) is 31.2 Å². The fourth-order valence-corrected chi connectivity index (χ4v) is 2.96. The minimum absolute atomic E-state index is 0.0264. The summed E-state index contributed by atoms with van der Waals surface area (Å²) < 4.78 is 0. The number of benzene rings is 2. The van der Waals surface area contributed by atoms with Crippen molar-refractivity contribution in [3.05, 3.63) is 76.3 Å². The Kier molecular flexibility index (Phi) is 5.77. The molecule has 0 bridgehead atoms. The zero-order valence-corrected chi connectivity index (χ0v) is 15.3. The number of nitrogens with one attached hydrogen (secondary N) is 1. The molecule has 1 heterocycles. The maximum absolute atomic E-state index is 12.1. The lowest BCUT2D eigenvalue weighted by Gasteiger charge is -2.07. The number of anilines is 1. The van der Waals surface area contributed by atoms with Crippen molar-refractivity contribution in [2.45, 2.75) is 11.9 Å². The Labute approximate surface area is 160 Å². The van der Waals surface area contributed by atoms with Gasteiger partial charge in [0.25, 0.3) is 5.69 Å². The maximum atomic E-state index is 12.1. The van der Waals surface area contributed by atoms with Crippen molar-refractivity contribution in [1.82, 2.24) is 10.2 Å². The van der Waals surface area contributed by atoms with E-state index < -0.39 is 4.92 Å². The third-order valence-electron chi connectivity index (χ3n) is 3.78. The SMILES string of the molecule is Cc1ccccc1NC(=O)CSc1ccc(-c2ccc([N+](=O)[O-])cc2)nn1. The van der Waals surface area contributed by atoms with Crippen LogP contribution >= 0.6 is 11.8 Å². The van der Waals surface area contributed by atoms with Crippen LogP contribution in [0, 0.1) is 17.0 Å². The highest BCUT2D eigenvalue weighted by atomic mass is 32.2. The van der Waals surface area contributed by atoms with Gasteiger partial charge in [-0.3, -0.25) is 14.9 Å². The molecule has 27 heavy (non-hydrogen) atoms. The number of nitro groups is 1. The molecule has 1 N–H and O–H groups in total. The summed E-state index contributed by atoms with van der Waals surface area (Å²) >= 11 is 1.29. The molecular formula is C19H16N4O3S. The summed E-state index contributed by atoms with van der Waals surface area (Å²) in [7, 11) is 0. The van der Waals surface area contributed by atoms with Gasteiger partial charge < -0.3 is 5.32 Å². The first-order valence-corrected chi connectivity index (χ1v) is 9.08. The van der Waals surface area contributed by atoms with E-state index in [0.717, 1.165) is 16.8 Å². The van der Waals surface area contributed by atoms with Crippen LogP contribution in [0.25, 0.3) is 11.3 Å². The first kappa shape index (κ1) is 18.5. The molecule has 0 spiro atoms. The highest BCUT2D eigenvalue weighted by molar-refractivity contribution is 7.99. The van der Waals surface area contributed by atoms with Gasteiger partial charge in [0.15, 0.2) is 0 Å². The molecule has 0 radical (unpaired) electrons. The summed E-state index contributed by atoms with van der Waals surface area (Å²) in [6.45, 7) is 1.94. The standard InChI is InChI=1S/C19H16N4O3S/c1-13-4-2-3-5-16(13)20-18(24)12-27-19-11-10-17(21-22-19)14-6-8-15(9-7-14)23(25)26/h2-11H,12H2,1H3,(H,20,24). The van der Waals surface area contributed by atoms with Crippen LogP contribution in [0.3, 0.4) is 0 Å². The van der Waals surface area contributed by atoms with Crippen LogP contribution in [0.15, 0.2) is 65.7 Å². The Bertz CT molecular complexity index is 959. The number of carbonyl (C=O) groups is 1. The van der Waals surface area contributed by atoms with Crippen LogP contribution < -0.4 is 5.32 Å². The normalized spacial score (nSPS) is 10.4. The molecule has 0 aliphatic rings. The maximum Gasteiger partial charge on any atom is 0.269 e. The van der Waals surface area contributed by atoms with E-state index in [2.05, 4.69) is 15.5 Å². The molecular weight excluding hydrogens is 364 g/mol. The summed E-state index contributed by atoms with van der Waals surface area (Å²) in [6, 6.07) is 17.2. The van der Waals surface area contributed by atoms with E-state index in [1.54, 1.807) is 24.3 Å². The molecule has 0 fully saturated rings. The number of thioether (sulfide) groups is 1. The molecule has 2 aromatic carbocycles. The van der Waals surface area contributed by atoms with Gasteiger partial charge in [-0.25, -0.2) is 0 Å². The Morgan fingerprint density at radius 2 is 1.81 bits per heavy atom. The Morgan fingerprint density at radius 1 is 1.07 bits per heavy atom. The number of aromatic nitrogens is 2. The van der Waals surface area contributed by atoms with Gasteiger partial charge in [-0.15, -0.1) is 10.2 Å². The van der Waals surface area contributed by atoms with Crippen LogP contribution in [-0.4, -0.2) is 26.8 Å². The van der Waals surface area contributed by atoms with E-state index in [4.69, 9.17) is 0 Å². The van der Waals surface area contributed by atoms with E-state index in [9.17, 15) is 14.9 Å². The monoisotopic (exact) mass is 380 g/mol. The lowest BCUT2D eigenvalue weighted by Crippen LogP contribution is -2.14. The van der Waals surface area contributed by atoms with Gasteiger partial charge >= 0.3 is 0 Å². The van der Waals surface area contributed by atoms with Crippen molar-refractivity contribution in [2.75, 3.05) is 11.1 Å². The first-order valence-electron chi connectivity index (χ1n) is 8.10. The van der Waals surface area contributed by atoms with Gasteiger partial charge in [-0.2, -0.15) is 0 Å². The topological polar surface area (TPSA) is 98.0 Å². The Hall–Kier alpha value is -3.26. The molecule has 1 amide bonds. The zero-order chi connectivity index (χ0) is 19.2. The number of para-hydroxylation sites is 1. The fraction of sp³-hybridized carbons (Fsp3) is 0.105. The average Bonchev–Trinajstić information content (AvgIpc) is 2.69. The number of amides is 1. The van der Waals surface area contributed by atoms with Crippen LogP contribution in [0.1, 0.15) is 5.56 Å². The van der Waals surface area contributed by atoms with E-state index in [1.165, 1.54) is 23.9 Å². The largest absolute Gasteiger partial charge is 0.325 e. The van der Waals surface area contributed by atoms with Crippen molar-refractivity contribution in [3.8, 4) is 11.3 Å². The lowest BCUT2D eigenvalue weighted by atomic mass is 10.1. The molecule has 136 valence electrons. The number of rotatable bonds is 6. The van der Waals surface area contributed by atoms with Crippen molar-refractivity contribution >= 4 is 29.0 Å². The third-order valence-corrected chi connectivity index (χ3v) is 4.70. The van der Waals surface area contributed by atoms with Crippen LogP contribution in [0.4, 0.5) is 11.4 Å². The van der Waals surface area contributed by atoms with E-state index >= 15 is 0 Å². The van der Waals surface area contributed by atoms with Gasteiger partial charge in [-0.1, -0.05) is 30.0 Å². The van der Waals surface area contributed by atoms with Gasteiger partial charge in [0, 0.05) is 23.4 Å². The summed E-state index contributed by atoms with van der Waals surface area (Å²) in [5.41, 5.74) is 3.17. The van der Waals surface area contributed by atoms with Crippen LogP contribution in [0.2, 0.25) is 0 Å². The zero-order valence-electron chi connectivity index (χ0n) is 14.5. The number of hydrogen-bond donors (Lipinski definition) is 1. The molecule has 1 aromatic heterocycles.